The number of rotatable bonds is 4. The zero-order valence-electron chi connectivity index (χ0n) is 10.3. The average Bonchev–Trinajstić information content (AvgIpc) is 2.39. The second-order valence-corrected chi connectivity index (χ2v) is 5.51. The quantitative estimate of drug-likeness (QED) is 0.498. The van der Waals surface area contributed by atoms with Gasteiger partial charge in [-0.1, -0.05) is 12.1 Å². The van der Waals surface area contributed by atoms with Crippen LogP contribution >= 0.6 is 27.7 Å². The summed E-state index contributed by atoms with van der Waals surface area (Å²) in [5.74, 6) is 1.55. The summed E-state index contributed by atoms with van der Waals surface area (Å²) in [6, 6.07) is 13.2. The second kappa shape index (κ2) is 6.12. The van der Waals surface area contributed by atoms with E-state index in [9.17, 15) is 0 Å². The van der Waals surface area contributed by atoms with Crippen LogP contribution in [0.2, 0.25) is 0 Å². The minimum Gasteiger partial charge on any atom is -0.456 e. The number of nitrogens with two attached hydrogens (primary N) is 1. The van der Waals surface area contributed by atoms with Gasteiger partial charge < -0.3 is 10.5 Å². The fourth-order valence-electron chi connectivity index (χ4n) is 1.61. The summed E-state index contributed by atoms with van der Waals surface area (Å²) >= 11 is 5.03. The van der Waals surface area contributed by atoms with Gasteiger partial charge in [-0.15, -0.1) is 11.8 Å². The average molecular weight is 337 g/mol. The molecule has 0 aliphatic heterocycles. The van der Waals surface area contributed by atoms with Crippen molar-refractivity contribution in [1.29, 1.82) is 5.41 Å². The Labute approximate surface area is 124 Å². The van der Waals surface area contributed by atoms with Crippen LogP contribution in [0.3, 0.4) is 0 Å². The van der Waals surface area contributed by atoms with Gasteiger partial charge in [0.05, 0.1) is 0 Å². The van der Waals surface area contributed by atoms with Gasteiger partial charge in [-0.3, -0.25) is 5.41 Å². The zero-order valence-corrected chi connectivity index (χ0v) is 12.7. The maximum atomic E-state index is 7.44. The third kappa shape index (κ3) is 3.30. The van der Waals surface area contributed by atoms with Crippen LogP contribution in [0.1, 0.15) is 5.56 Å². The Kier molecular flexibility index (Phi) is 4.50. The standard InChI is InChI=1S/C14H13BrN2OS/c1-19-13-5-3-2-4-12(13)18-9-6-7-10(14(16)17)11(15)8-9/h2-8H,1H3,(H3,16,17). The molecular formula is C14H13BrN2OS. The molecule has 2 aromatic carbocycles. The lowest BCUT2D eigenvalue weighted by atomic mass is 10.2. The Morgan fingerprint density at radius 3 is 2.63 bits per heavy atom. The van der Waals surface area contributed by atoms with Crippen LogP contribution in [0, 0.1) is 5.41 Å². The number of para-hydroxylation sites is 1. The van der Waals surface area contributed by atoms with Gasteiger partial charge in [-0.05, 0) is 52.5 Å². The van der Waals surface area contributed by atoms with Crippen molar-refractivity contribution in [3.8, 4) is 11.5 Å². The highest BCUT2D eigenvalue weighted by Crippen LogP contribution is 2.32. The summed E-state index contributed by atoms with van der Waals surface area (Å²) in [7, 11) is 0. The van der Waals surface area contributed by atoms with Crippen LogP contribution in [0.4, 0.5) is 0 Å². The molecule has 0 radical (unpaired) electrons. The van der Waals surface area contributed by atoms with E-state index < -0.39 is 0 Å². The monoisotopic (exact) mass is 336 g/mol. The first-order valence-electron chi connectivity index (χ1n) is 5.56. The van der Waals surface area contributed by atoms with Gasteiger partial charge in [0.15, 0.2) is 0 Å². The van der Waals surface area contributed by atoms with Crippen molar-refractivity contribution in [2.75, 3.05) is 6.26 Å². The molecule has 0 saturated heterocycles. The first kappa shape index (κ1) is 14.0. The maximum Gasteiger partial charge on any atom is 0.140 e. The van der Waals surface area contributed by atoms with Gasteiger partial charge in [-0.2, -0.15) is 0 Å². The SMILES string of the molecule is CSc1ccccc1Oc1ccc(C(=N)N)c(Br)c1. The molecule has 0 aliphatic carbocycles. The van der Waals surface area contributed by atoms with Crippen LogP contribution in [-0.2, 0) is 0 Å². The van der Waals surface area contributed by atoms with E-state index >= 15 is 0 Å². The molecule has 3 N–H and O–H groups in total. The Balaban J connectivity index is 2.29. The van der Waals surface area contributed by atoms with E-state index in [4.69, 9.17) is 15.9 Å². The molecule has 0 aliphatic rings. The largest absolute Gasteiger partial charge is 0.456 e. The van der Waals surface area contributed by atoms with E-state index in [-0.39, 0.29) is 5.84 Å². The topological polar surface area (TPSA) is 59.1 Å². The first-order chi connectivity index (χ1) is 9.11. The Morgan fingerprint density at radius 1 is 1.26 bits per heavy atom. The lowest BCUT2D eigenvalue weighted by molar-refractivity contribution is 0.471. The highest BCUT2D eigenvalue weighted by Gasteiger charge is 2.07. The number of nitrogen functional groups attached to an aromatic ring is 1. The molecule has 0 fully saturated rings. The highest BCUT2D eigenvalue weighted by molar-refractivity contribution is 9.10. The molecule has 0 bridgehead atoms. The number of ether oxygens (including phenoxy) is 1. The maximum absolute atomic E-state index is 7.44. The van der Waals surface area contributed by atoms with Gasteiger partial charge in [-0.25, -0.2) is 0 Å². The van der Waals surface area contributed by atoms with Crippen molar-refractivity contribution in [1.82, 2.24) is 0 Å². The lowest BCUT2D eigenvalue weighted by Gasteiger charge is -2.11. The first-order valence-corrected chi connectivity index (χ1v) is 7.58. The summed E-state index contributed by atoms with van der Waals surface area (Å²) in [6.45, 7) is 0. The number of benzene rings is 2. The molecule has 2 rings (SSSR count). The predicted octanol–water partition coefficient (Wildman–Crippen LogP) is 4.25. The molecule has 0 saturated carbocycles. The Hall–Kier alpha value is -1.46. The molecule has 98 valence electrons. The van der Waals surface area contributed by atoms with E-state index in [1.54, 1.807) is 23.9 Å². The molecule has 0 atom stereocenters. The Morgan fingerprint density at radius 2 is 2.00 bits per heavy atom. The molecule has 19 heavy (non-hydrogen) atoms. The van der Waals surface area contributed by atoms with E-state index in [2.05, 4.69) is 15.9 Å². The van der Waals surface area contributed by atoms with E-state index in [1.807, 2.05) is 36.6 Å². The minimum absolute atomic E-state index is 0.0305. The van der Waals surface area contributed by atoms with Crippen molar-refractivity contribution < 1.29 is 4.74 Å². The minimum atomic E-state index is 0.0305. The van der Waals surface area contributed by atoms with Crippen molar-refractivity contribution in [3.63, 3.8) is 0 Å². The third-order valence-corrected chi connectivity index (χ3v) is 3.96. The summed E-state index contributed by atoms with van der Waals surface area (Å²) in [5, 5.41) is 7.44. The van der Waals surface area contributed by atoms with Gasteiger partial charge in [0.1, 0.15) is 17.3 Å². The lowest BCUT2D eigenvalue weighted by Crippen LogP contribution is -2.11. The number of halogens is 1. The summed E-state index contributed by atoms with van der Waals surface area (Å²) in [5.41, 5.74) is 6.13. The van der Waals surface area contributed by atoms with E-state index in [0.29, 0.717) is 11.3 Å². The second-order valence-electron chi connectivity index (χ2n) is 3.81. The molecule has 3 nitrogen and oxygen atoms in total. The van der Waals surface area contributed by atoms with Crippen molar-refractivity contribution in [3.05, 3.63) is 52.5 Å². The molecule has 0 aromatic heterocycles. The zero-order chi connectivity index (χ0) is 13.8. The molecule has 2 aromatic rings. The van der Waals surface area contributed by atoms with Gasteiger partial charge >= 0.3 is 0 Å². The van der Waals surface area contributed by atoms with Gasteiger partial charge in [0, 0.05) is 14.9 Å². The van der Waals surface area contributed by atoms with Crippen LogP contribution in [0.25, 0.3) is 0 Å². The summed E-state index contributed by atoms with van der Waals surface area (Å²) in [4.78, 5) is 1.08. The normalized spacial score (nSPS) is 10.2. The number of amidine groups is 1. The van der Waals surface area contributed by atoms with Gasteiger partial charge in [0.2, 0.25) is 0 Å². The smallest absolute Gasteiger partial charge is 0.140 e. The molecular weight excluding hydrogens is 324 g/mol. The Bertz CT molecular complexity index is 616. The number of thioether (sulfide) groups is 1. The van der Waals surface area contributed by atoms with Gasteiger partial charge in [0.25, 0.3) is 0 Å². The number of hydrogen-bond donors (Lipinski definition) is 2. The van der Waals surface area contributed by atoms with E-state index in [0.717, 1.165) is 15.1 Å². The highest BCUT2D eigenvalue weighted by atomic mass is 79.9. The van der Waals surface area contributed by atoms with E-state index in [1.165, 1.54) is 0 Å². The number of nitrogens with one attached hydrogen (secondary N) is 1. The fraction of sp³-hybridized carbons (Fsp3) is 0.0714. The summed E-state index contributed by atoms with van der Waals surface area (Å²) < 4.78 is 6.60. The van der Waals surface area contributed by atoms with Crippen LogP contribution in [-0.4, -0.2) is 12.1 Å². The number of hydrogen-bond acceptors (Lipinski definition) is 3. The van der Waals surface area contributed by atoms with Crippen LogP contribution in [0.15, 0.2) is 51.8 Å². The summed E-state index contributed by atoms with van der Waals surface area (Å²) in [6.07, 6.45) is 2.01. The molecule has 5 heteroatoms. The molecule has 0 heterocycles. The van der Waals surface area contributed by atoms with Crippen molar-refractivity contribution in [2.45, 2.75) is 4.90 Å². The molecule has 0 spiro atoms. The third-order valence-electron chi connectivity index (χ3n) is 2.53. The molecule has 0 amide bonds. The van der Waals surface area contributed by atoms with Crippen molar-refractivity contribution >= 4 is 33.5 Å². The van der Waals surface area contributed by atoms with Crippen LogP contribution in [0.5, 0.6) is 11.5 Å². The predicted molar refractivity (Wildman–Crippen MR) is 83.5 cm³/mol. The molecule has 0 unspecified atom stereocenters. The fourth-order valence-corrected chi connectivity index (χ4v) is 2.70. The van der Waals surface area contributed by atoms with Crippen LogP contribution < -0.4 is 10.5 Å². The van der Waals surface area contributed by atoms with Crippen molar-refractivity contribution in [2.24, 2.45) is 5.73 Å².